The van der Waals surface area contributed by atoms with Gasteiger partial charge in [-0.3, -0.25) is 9.59 Å². The Labute approximate surface area is 208 Å². The van der Waals surface area contributed by atoms with Crippen molar-refractivity contribution in [1.82, 2.24) is 0 Å². The van der Waals surface area contributed by atoms with E-state index in [1.54, 1.807) is 18.2 Å². The highest BCUT2D eigenvalue weighted by atomic mass is 28.3. The SMILES string of the molecule is COc1cccc(OC)c1NC(=O)C1OC(Oc2cc([Si](C)(C)CC(C)(C)C)ccc2C)=CC1=O. The molecule has 0 fully saturated rings. The second-order valence-electron chi connectivity index (χ2n) is 10.6. The zero-order valence-electron chi connectivity index (χ0n) is 21.8. The third kappa shape index (κ3) is 6.25. The molecule has 7 nitrogen and oxygen atoms in total. The Hall–Kier alpha value is -3.26. The summed E-state index contributed by atoms with van der Waals surface area (Å²) in [4.78, 5) is 25.5. The molecule has 188 valence electrons. The molecule has 0 aliphatic carbocycles. The van der Waals surface area contributed by atoms with Crippen LogP contribution in [0.2, 0.25) is 19.1 Å². The van der Waals surface area contributed by atoms with E-state index in [1.807, 2.05) is 19.1 Å². The molecule has 2 aromatic carbocycles. The van der Waals surface area contributed by atoms with E-state index in [-0.39, 0.29) is 11.4 Å². The maximum atomic E-state index is 12.9. The first kappa shape index (κ1) is 26.3. The molecule has 2 aromatic rings. The van der Waals surface area contributed by atoms with Crippen molar-refractivity contribution < 1.29 is 28.5 Å². The number of anilines is 1. The maximum absolute atomic E-state index is 12.9. The van der Waals surface area contributed by atoms with Crippen molar-refractivity contribution in [3.05, 3.63) is 54.0 Å². The largest absolute Gasteiger partial charge is 0.494 e. The number of carbonyl (C=O) groups excluding carboxylic acids is 2. The summed E-state index contributed by atoms with van der Waals surface area (Å²) in [6.45, 7) is 13.4. The molecule has 3 rings (SSSR count). The quantitative estimate of drug-likeness (QED) is 0.417. The number of benzene rings is 2. The molecular formula is C27H35NO6Si. The Bertz CT molecular complexity index is 1130. The van der Waals surface area contributed by atoms with Gasteiger partial charge in [0.1, 0.15) is 22.9 Å². The van der Waals surface area contributed by atoms with E-state index in [9.17, 15) is 9.59 Å². The fraction of sp³-hybridized carbons (Fsp3) is 0.407. The second kappa shape index (κ2) is 10.2. The van der Waals surface area contributed by atoms with Gasteiger partial charge in [0.25, 0.3) is 11.9 Å². The van der Waals surface area contributed by atoms with Gasteiger partial charge in [-0.2, -0.15) is 0 Å². The highest BCUT2D eigenvalue weighted by Crippen LogP contribution is 2.35. The van der Waals surface area contributed by atoms with Crippen molar-refractivity contribution in [1.29, 1.82) is 0 Å². The van der Waals surface area contributed by atoms with Gasteiger partial charge in [-0.25, -0.2) is 0 Å². The molecule has 8 heteroatoms. The first-order valence-corrected chi connectivity index (χ1v) is 14.8. The zero-order valence-corrected chi connectivity index (χ0v) is 22.8. The monoisotopic (exact) mass is 497 g/mol. The molecule has 0 aromatic heterocycles. The Morgan fingerprint density at radius 1 is 1.06 bits per heavy atom. The van der Waals surface area contributed by atoms with E-state index < -0.39 is 25.9 Å². The number of ketones is 1. The van der Waals surface area contributed by atoms with Crippen LogP contribution in [0.1, 0.15) is 26.3 Å². The Kier molecular flexibility index (Phi) is 7.64. The number of para-hydroxylation sites is 1. The standard InChI is InChI=1S/C27H35NO6Si/c1-17-12-13-18(35(7,8)16-27(2,3)4)14-22(17)33-23-15-19(29)25(34-23)26(30)28-24-20(31-5)10-9-11-21(24)32-6/h9-15,25H,16H2,1-8H3,(H,28,30). The zero-order chi connectivity index (χ0) is 26.0. The number of methoxy groups -OCH3 is 2. The fourth-order valence-corrected chi connectivity index (χ4v) is 8.38. The molecule has 0 saturated carbocycles. The van der Waals surface area contributed by atoms with Crippen LogP contribution in [0, 0.1) is 12.3 Å². The van der Waals surface area contributed by atoms with E-state index in [2.05, 4.69) is 45.2 Å². The van der Waals surface area contributed by atoms with Crippen molar-refractivity contribution in [2.24, 2.45) is 5.41 Å². The summed E-state index contributed by atoms with van der Waals surface area (Å²) in [7, 11) is 1.24. The van der Waals surface area contributed by atoms with Gasteiger partial charge in [-0.1, -0.05) is 57.3 Å². The summed E-state index contributed by atoms with van der Waals surface area (Å²) < 4.78 is 22.2. The molecule has 0 radical (unpaired) electrons. The fourth-order valence-electron chi connectivity index (χ4n) is 4.47. The van der Waals surface area contributed by atoms with Gasteiger partial charge >= 0.3 is 0 Å². The Morgan fingerprint density at radius 3 is 2.26 bits per heavy atom. The van der Waals surface area contributed by atoms with Gasteiger partial charge in [0, 0.05) is 0 Å². The van der Waals surface area contributed by atoms with Gasteiger partial charge in [-0.05, 0) is 42.1 Å². The molecule has 1 amide bonds. The molecule has 1 aliphatic rings. The van der Waals surface area contributed by atoms with Crippen molar-refractivity contribution in [2.75, 3.05) is 19.5 Å². The Morgan fingerprint density at radius 2 is 1.69 bits per heavy atom. The van der Waals surface area contributed by atoms with Crippen LogP contribution in [0.25, 0.3) is 0 Å². The number of aryl methyl sites for hydroxylation is 1. The highest BCUT2D eigenvalue weighted by Gasteiger charge is 2.36. The van der Waals surface area contributed by atoms with Crippen molar-refractivity contribution in [3.63, 3.8) is 0 Å². The van der Waals surface area contributed by atoms with Crippen LogP contribution in [0.4, 0.5) is 5.69 Å². The van der Waals surface area contributed by atoms with Crippen molar-refractivity contribution in [2.45, 2.75) is 52.9 Å². The summed E-state index contributed by atoms with van der Waals surface area (Å²) in [6.07, 6.45) is -0.150. The van der Waals surface area contributed by atoms with E-state index >= 15 is 0 Å². The van der Waals surface area contributed by atoms with Gasteiger partial charge in [0.2, 0.25) is 11.9 Å². The molecule has 0 bridgehead atoms. The molecule has 1 unspecified atom stereocenters. The normalized spacial score (nSPS) is 15.8. The number of nitrogens with one attached hydrogen (secondary N) is 1. The predicted molar refractivity (Wildman–Crippen MR) is 139 cm³/mol. The van der Waals surface area contributed by atoms with Crippen molar-refractivity contribution in [3.8, 4) is 17.2 Å². The van der Waals surface area contributed by atoms with Crippen LogP contribution >= 0.6 is 0 Å². The minimum absolute atomic E-state index is 0.00214. The van der Waals surface area contributed by atoms with Gasteiger partial charge < -0.3 is 24.3 Å². The van der Waals surface area contributed by atoms with Crippen LogP contribution in [0.3, 0.4) is 0 Å². The number of hydrogen-bond acceptors (Lipinski definition) is 6. The predicted octanol–water partition coefficient (Wildman–Crippen LogP) is 4.80. The summed E-state index contributed by atoms with van der Waals surface area (Å²) in [5.74, 6) is 0.282. The number of rotatable bonds is 8. The molecule has 0 saturated heterocycles. The minimum Gasteiger partial charge on any atom is -0.494 e. The molecule has 1 aliphatic heterocycles. The molecule has 1 heterocycles. The maximum Gasteiger partial charge on any atom is 0.289 e. The third-order valence-electron chi connectivity index (χ3n) is 5.82. The highest BCUT2D eigenvalue weighted by molar-refractivity contribution is 6.89. The van der Waals surface area contributed by atoms with Crippen LogP contribution in [0.5, 0.6) is 17.2 Å². The van der Waals surface area contributed by atoms with E-state index in [0.717, 1.165) is 11.6 Å². The molecule has 0 spiro atoms. The van der Waals surface area contributed by atoms with Gasteiger partial charge in [-0.15, -0.1) is 0 Å². The molecule has 1 N–H and O–H groups in total. The minimum atomic E-state index is -1.73. The summed E-state index contributed by atoms with van der Waals surface area (Å²) >= 11 is 0. The first-order valence-electron chi connectivity index (χ1n) is 11.6. The summed E-state index contributed by atoms with van der Waals surface area (Å²) in [5.41, 5.74) is 1.45. The third-order valence-corrected chi connectivity index (χ3v) is 9.64. The van der Waals surface area contributed by atoms with Gasteiger partial charge in [0.05, 0.1) is 28.4 Å². The lowest BCUT2D eigenvalue weighted by Crippen LogP contribution is -2.44. The molecular weight excluding hydrogens is 462 g/mol. The van der Waals surface area contributed by atoms with E-state index in [1.165, 1.54) is 25.5 Å². The van der Waals surface area contributed by atoms with E-state index in [4.69, 9.17) is 18.9 Å². The summed E-state index contributed by atoms with van der Waals surface area (Å²) in [5, 5.41) is 3.94. The topological polar surface area (TPSA) is 83.1 Å². The lowest BCUT2D eigenvalue weighted by Gasteiger charge is -2.31. The van der Waals surface area contributed by atoms with Crippen LogP contribution in [0.15, 0.2) is 48.4 Å². The average molecular weight is 498 g/mol. The number of hydrogen-bond donors (Lipinski definition) is 1. The smallest absolute Gasteiger partial charge is 0.289 e. The van der Waals surface area contributed by atoms with Crippen LogP contribution in [-0.2, 0) is 14.3 Å². The van der Waals surface area contributed by atoms with Crippen LogP contribution < -0.4 is 24.7 Å². The molecule has 35 heavy (non-hydrogen) atoms. The average Bonchev–Trinajstić information content (AvgIpc) is 3.13. The lowest BCUT2D eigenvalue weighted by molar-refractivity contribution is -0.134. The number of ether oxygens (including phenoxy) is 4. The molecule has 1 atom stereocenters. The number of amides is 1. The van der Waals surface area contributed by atoms with E-state index in [0.29, 0.717) is 22.9 Å². The second-order valence-corrected chi connectivity index (χ2v) is 15.3. The Balaban J connectivity index is 1.76. The van der Waals surface area contributed by atoms with Crippen LogP contribution in [-0.4, -0.2) is 40.1 Å². The number of carbonyl (C=O) groups is 2. The van der Waals surface area contributed by atoms with Gasteiger partial charge in [0.15, 0.2) is 0 Å². The van der Waals surface area contributed by atoms with Crippen molar-refractivity contribution >= 4 is 30.6 Å². The lowest BCUT2D eigenvalue weighted by atomic mass is 10.0. The summed E-state index contributed by atoms with van der Waals surface area (Å²) in [6, 6.07) is 12.4. The first-order chi connectivity index (χ1) is 16.3.